The van der Waals surface area contributed by atoms with Crippen LogP contribution in [0.2, 0.25) is 0 Å². The molecule has 54 valence electrons. The molecule has 0 bridgehead atoms. The summed E-state index contributed by atoms with van der Waals surface area (Å²) < 4.78 is 0. The lowest BCUT2D eigenvalue weighted by atomic mass is 9.86. The molecule has 0 aromatic carbocycles. The smallest absolute Gasteiger partial charge is 0.232 e. The van der Waals surface area contributed by atoms with Gasteiger partial charge >= 0.3 is 0 Å². The van der Waals surface area contributed by atoms with Gasteiger partial charge in [0.2, 0.25) is 5.91 Å². The van der Waals surface area contributed by atoms with E-state index < -0.39 is 0 Å². The largest absolute Gasteiger partial charge is 0.315 e. The molecule has 2 aliphatic heterocycles. The molecule has 1 fully saturated rings. The molecular weight excluding hydrogens is 126 g/mol. The van der Waals surface area contributed by atoms with Crippen LogP contribution in [-0.2, 0) is 4.79 Å². The van der Waals surface area contributed by atoms with Crippen LogP contribution in [-0.4, -0.2) is 16.8 Å². The lowest BCUT2D eigenvalue weighted by Gasteiger charge is -2.41. The average Bonchev–Trinajstić information content (AvgIpc) is 2.33. The van der Waals surface area contributed by atoms with Gasteiger partial charge in [0.15, 0.2) is 0 Å². The molecule has 0 aromatic rings. The van der Waals surface area contributed by atoms with Gasteiger partial charge < -0.3 is 4.90 Å². The molecule has 0 aromatic heterocycles. The van der Waals surface area contributed by atoms with Gasteiger partial charge in [-0.3, -0.25) is 4.79 Å². The van der Waals surface area contributed by atoms with Crippen LogP contribution in [0.15, 0.2) is 12.3 Å². The van der Waals surface area contributed by atoms with Gasteiger partial charge in [-0.05, 0) is 12.8 Å². The fourth-order valence-corrected chi connectivity index (χ4v) is 1.85. The van der Waals surface area contributed by atoms with Gasteiger partial charge in [-0.15, -0.1) is 0 Å². The zero-order valence-electron chi connectivity index (χ0n) is 6.08. The monoisotopic (exact) mass is 137 g/mol. The maximum absolute atomic E-state index is 11.1. The summed E-state index contributed by atoms with van der Waals surface area (Å²) in [7, 11) is 0. The highest BCUT2D eigenvalue weighted by Crippen LogP contribution is 2.35. The van der Waals surface area contributed by atoms with E-state index in [-0.39, 0.29) is 0 Å². The molecule has 2 nitrogen and oxygen atoms in total. The summed E-state index contributed by atoms with van der Waals surface area (Å²) in [5, 5.41) is 0. The van der Waals surface area contributed by atoms with Crippen molar-refractivity contribution in [1.29, 1.82) is 0 Å². The molecule has 1 unspecified atom stereocenters. The van der Waals surface area contributed by atoms with Gasteiger partial charge in [0.05, 0.1) is 12.0 Å². The van der Waals surface area contributed by atoms with E-state index in [1.54, 1.807) is 0 Å². The third kappa shape index (κ3) is 0.516. The Labute approximate surface area is 60.5 Å². The van der Waals surface area contributed by atoms with Gasteiger partial charge in [-0.1, -0.05) is 13.0 Å². The summed E-state index contributed by atoms with van der Waals surface area (Å²) in [5.74, 6) is 0.649. The maximum atomic E-state index is 11.1. The Balaban J connectivity index is 2.12. The Hall–Kier alpha value is -0.790. The van der Waals surface area contributed by atoms with Crippen molar-refractivity contribution in [1.82, 2.24) is 4.90 Å². The van der Waals surface area contributed by atoms with Crippen LogP contribution in [0.5, 0.6) is 0 Å². The fourth-order valence-electron chi connectivity index (χ4n) is 1.85. The number of nitrogens with zero attached hydrogens (tertiary/aromatic N) is 1. The van der Waals surface area contributed by atoms with Crippen LogP contribution < -0.4 is 0 Å². The van der Waals surface area contributed by atoms with Crippen molar-refractivity contribution in [3.63, 3.8) is 0 Å². The lowest BCUT2D eigenvalue weighted by Crippen LogP contribution is -2.55. The normalized spacial score (nSPS) is 36.1. The van der Waals surface area contributed by atoms with Crippen LogP contribution in [0.25, 0.3) is 0 Å². The second kappa shape index (κ2) is 1.84. The second-order valence-corrected chi connectivity index (χ2v) is 2.95. The van der Waals surface area contributed by atoms with Crippen LogP contribution in [0.3, 0.4) is 0 Å². The highest BCUT2D eigenvalue weighted by atomic mass is 16.2. The van der Waals surface area contributed by atoms with Crippen molar-refractivity contribution in [2.75, 3.05) is 0 Å². The number of fused-ring (bicyclic) bond motifs is 1. The molecule has 1 saturated heterocycles. The SMILES string of the molecule is CCC1C(=O)N2C=CC[C@H]12. The van der Waals surface area contributed by atoms with Gasteiger partial charge in [0.1, 0.15) is 0 Å². The number of β-lactam (4-membered cyclic amide) rings is 1. The number of carbonyl (C=O) groups is 1. The minimum atomic E-state index is 0.321. The lowest BCUT2D eigenvalue weighted by molar-refractivity contribution is -0.149. The molecule has 2 atom stereocenters. The maximum Gasteiger partial charge on any atom is 0.232 e. The van der Waals surface area contributed by atoms with E-state index in [1.165, 1.54) is 0 Å². The van der Waals surface area contributed by atoms with Gasteiger partial charge in [-0.25, -0.2) is 0 Å². The first kappa shape index (κ1) is 5.96. The summed E-state index contributed by atoms with van der Waals surface area (Å²) in [6.07, 6.45) is 6.07. The Bertz CT molecular complexity index is 197. The minimum Gasteiger partial charge on any atom is -0.315 e. The van der Waals surface area contributed by atoms with Gasteiger partial charge in [0, 0.05) is 6.20 Å². The number of hydrogen-bond acceptors (Lipinski definition) is 1. The molecule has 0 saturated carbocycles. The average molecular weight is 137 g/mol. The molecule has 2 heteroatoms. The highest BCUT2D eigenvalue weighted by molar-refractivity contribution is 5.87. The van der Waals surface area contributed by atoms with E-state index in [0.717, 1.165) is 12.8 Å². The zero-order valence-corrected chi connectivity index (χ0v) is 6.08. The van der Waals surface area contributed by atoms with E-state index in [2.05, 4.69) is 13.0 Å². The third-order valence-electron chi connectivity index (χ3n) is 2.48. The Morgan fingerprint density at radius 2 is 2.60 bits per heavy atom. The summed E-state index contributed by atoms with van der Waals surface area (Å²) in [4.78, 5) is 13.0. The summed E-state index contributed by atoms with van der Waals surface area (Å²) >= 11 is 0. The van der Waals surface area contributed by atoms with Crippen molar-refractivity contribution in [2.45, 2.75) is 25.8 Å². The van der Waals surface area contributed by atoms with E-state index >= 15 is 0 Å². The number of hydrogen-bond donors (Lipinski definition) is 0. The molecule has 1 amide bonds. The van der Waals surface area contributed by atoms with Crippen molar-refractivity contribution < 1.29 is 4.79 Å². The topological polar surface area (TPSA) is 20.3 Å². The Kier molecular flexibility index (Phi) is 1.10. The first-order chi connectivity index (χ1) is 4.84. The van der Waals surface area contributed by atoms with Gasteiger partial charge in [0.25, 0.3) is 0 Å². The number of rotatable bonds is 1. The van der Waals surface area contributed by atoms with Gasteiger partial charge in [-0.2, -0.15) is 0 Å². The molecule has 0 aliphatic carbocycles. The van der Waals surface area contributed by atoms with Crippen LogP contribution in [0.4, 0.5) is 0 Å². The summed E-state index contributed by atoms with van der Waals surface area (Å²) in [5.41, 5.74) is 0. The predicted octanol–water partition coefficient (Wildman–Crippen LogP) is 1.14. The molecule has 0 N–H and O–H groups in total. The molecule has 2 aliphatic rings. The predicted molar refractivity (Wildman–Crippen MR) is 38.2 cm³/mol. The van der Waals surface area contributed by atoms with Crippen LogP contribution in [0, 0.1) is 5.92 Å². The van der Waals surface area contributed by atoms with Crippen molar-refractivity contribution in [2.24, 2.45) is 5.92 Å². The molecule has 0 radical (unpaired) electrons. The minimum absolute atomic E-state index is 0.321. The zero-order chi connectivity index (χ0) is 7.14. The van der Waals surface area contributed by atoms with Crippen molar-refractivity contribution in [3.05, 3.63) is 12.3 Å². The summed E-state index contributed by atoms with van der Waals surface area (Å²) in [6.45, 7) is 2.08. The van der Waals surface area contributed by atoms with Crippen LogP contribution >= 0.6 is 0 Å². The van der Waals surface area contributed by atoms with E-state index in [4.69, 9.17) is 0 Å². The molecule has 0 spiro atoms. The first-order valence-corrected chi connectivity index (χ1v) is 3.83. The Morgan fingerprint density at radius 1 is 1.80 bits per heavy atom. The molecule has 2 heterocycles. The van der Waals surface area contributed by atoms with E-state index in [1.807, 2.05) is 11.1 Å². The standard InChI is InChI=1S/C8H11NO/c1-2-6-7-4-3-5-9(7)8(6)10/h3,5-7H,2,4H2,1H3/t6?,7-/m1/s1. The molecular formula is C8H11NO. The quantitative estimate of drug-likeness (QED) is 0.496. The summed E-state index contributed by atoms with van der Waals surface area (Å²) in [6, 6.07) is 0.525. The second-order valence-electron chi connectivity index (χ2n) is 2.95. The highest BCUT2D eigenvalue weighted by Gasteiger charge is 2.45. The van der Waals surface area contributed by atoms with E-state index in [0.29, 0.717) is 17.9 Å². The Morgan fingerprint density at radius 3 is 3.30 bits per heavy atom. The fraction of sp³-hybridized carbons (Fsp3) is 0.625. The number of carbonyl (C=O) groups excluding carboxylic acids is 1. The first-order valence-electron chi connectivity index (χ1n) is 3.83. The van der Waals surface area contributed by atoms with Crippen molar-refractivity contribution in [3.8, 4) is 0 Å². The van der Waals surface area contributed by atoms with Crippen LogP contribution in [0.1, 0.15) is 19.8 Å². The third-order valence-corrected chi connectivity index (χ3v) is 2.48. The van der Waals surface area contributed by atoms with E-state index in [9.17, 15) is 4.79 Å². The van der Waals surface area contributed by atoms with Crippen molar-refractivity contribution >= 4 is 5.91 Å². The molecule has 10 heavy (non-hydrogen) atoms. The number of amides is 1. The molecule has 2 rings (SSSR count).